The molecule has 26 heavy (non-hydrogen) atoms. The Kier molecular flexibility index (Phi) is 4.50. The van der Waals surface area contributed by atoms with Crippen LogP contribution in [0.2, 0.25) is 0 Å². The molecule has 1 aliphatic rings. The number of carbonyl (C=O) groups is 4. The average molecular weight is 353 g/mol. The topological polar surface area (TPSA) is 112 Å². The number of benzene rings is 2. The van der Waals surface area contributed by atoms with Gasteiger partial charge in [-0.1, -0.05) is 18.2 Å². The lowest BCUT2D eigenvalue weighted by molar-refractivity contribution is -0.0327. The van der Waals surface area contributed by atoms with Crippen LogP contribution >= 0.6 is 0 Å². The number of carbonyl (C=O) groups excluding carboxylic acids is 4. The van der Waals surface area contributed by atoms with E-state index in [1.807, 2.05) is 0 Å². The van der Waals surface area contributed by atoms with Gasteiger partial charge in [0.25, 0.3) is 11.8 Å². The molecule has 0 fully saturated rings. The van der Waals surface area contributed by atoms with Gasteiger partial charge in [0.1, 0.15) is 6.61 Å². The Morgan fingerprint density at radius 2 is 1.54 bits per heavy atom. The zero-order valence-electron chi connectivity index (χ0n) is 13.9. The second kappa shape index (κ2) is 6.62. The second-order valence-electron chi connectivity index (χ2n) is 6.00. The van der Waals surface area contributed by atoms with Crippen molar-refractivity contribution < 1.29 is 29.5 Å². The molecule has 7 nitrogen and oxygen atoms in total. The molecule has 0 atom stereocenters. The van der Waals surface area contributed by atoms with Crippen LogP contribution in [0.4, 0.5) is 0 Å². The molecule has 0 radical (unpaired) electrons. The van der Waals surface area contributed by atoms with E-state index >= 15 is 0 Å². The Morgan fingerprint density at radius 1 is 0.923 bits per heavy atom. The van der Waals surface area contributed by atoms with Crippen LogP contribution in [-0.2, 0) is 6.42 Å². The third-order valence-corrected chi connectivity index (χ3v) is 4.25. The fourth-order valence-corrected chi connectivity index (χ4v) is 2.94. The number of rotatable bonds is 5. The standard InChI is InChI=1S/C19H15NO6/c1-10(22)15-7-11(2-4-13(15)17(23)9-21)6-12-3-5-14-16(8-12)19(25)20(26)18(14)24/h2-5,7-8,21,26H,6,9H2,1H3. The van der Waals surface area contributed by atoms with Gasteiger partial charge in [-0.05, 0) is 42.7 Å². The van der Waals surface area contributed by atoms with Crippen LogP contribution in [0.25, 0.3) is 0 Å². The normalized spacial score (nSPS) is 13.1. The minimum Gasteiger partial charge on any atom is -0.388 e. The van der Waals surface area contributed by atoms with Gasteiger partial charge in [0.15, 0.2) is 11.6 Å². The maximum Gasteiger partial charge on any atom is 0.285 e. The zero-order chi connectivity index (χ0) is 19.0. The number of hydrogen-bond acceptors (Lipinski definition) is 6. The van der Waals surface area contributed by atoms with Gasteiger partial charge >= 0.3 is 0 Å². The minimum atomic E-state index is -0.778. The first-order chi connectivity index (χ1) is 12.3. The molecule has 0 aromatic heterocycles. The monoisotopic (exact) mass is 353 g/mol. The van der Waals surface area contributed by atoms with E-state index in [2.05, 4.69) is 0 Å². The van der Waals surface area contributed by atoms with E-state index in [0.29, 0.717) is 12.0 Å². The molecule has 2 N–H and O–H groups in total. The van der Waals surface area contributed by atoms with Crippen molar-refractivity contribution in [2.24, 2.45) is 0 Å². The summed E-state index contributed by atoms with van der Waals surface area (Å²) in [6.07, 6.45) is 0.355. The largest absolute Gasteiger partial charge is 0.388 e. The van der Waals surface area contributed by atoms with Gasteiger partial charge < -0.3 is 5.11 Å². The second-order valence-corrected chi connectivity index (χ2v) is 6.00. The fraction of sp³-hybridized carbons (Fsp3) is 0.158. The first kappa shape index (κ1) is 17.7. The minimum absolute atomic E-state index is 0.0810. The Balaban J connectivity index is 1.94. The van der Waals surface area contributed by atoms with E-state index in [4.69, 9.17) is 5.11 Å². The van der Waals surface area contributed by atoms with Crippen LogP contribution in [0.15, 0.2) is 36.4 Å². The van der Waals surface area contributed by atoms with Crippen molar-refractivity contribution in [1.82, 2.24) is 5.06 Å². The van der Waals surface area contributed by atoms with E-state index in [0.717, 1.165) is 5.56 Å². The Hall–Kier alpha value is -3.16. The number of nitrogens with zero attached hydrogens (tertiary/aromatic N) is 1. The first-order valence-corrected chi connectivity index (χ1v) is 7.82. The van der Waals surface area contributed by atoms with Crippen LogP contribution < -0.4 is 0 Å². The van der Waals surface area contributed by atoms with Gasteiger partial charge in [-0.25, -0.2) is 0 Å². The van der Waals surface area contributed by atoms with Crippen LogP contribution in [0.1, 0.15) is 59.5 Å². The number of aliphatic hydroxyl groups excluding tert-OH is 1. The third kappa shape index (κ3) is 2.94. The van der Waals surface area contributed by atoms with E-state index in [1.54, 1.807) is 18.2 Å². The molecule has 2 aromatic carbocycles. The van der Waals surface area contributed by atoms with Crippen molar-refractivity contribution in [2.75, 3.05) is 6.61 Å². The summed E-state index contributed by atoms with van der Waals surface area (Å²) in [4.78, 5) is 47.1. The number of hydroxylamine groups is 2. The summed E-state index contributed by atoms with van der Waals surface area (Å²) in [5.41, 5.74) is 2.06. The highest BCUT2D eigenvalue weighted by atomic mass is 16.5. The van der Waals surface area contributed by atoms with Gasteiger partial charge in [0.2, 0.25) is 0 Å². The predicted octanol–water partition coefficient (Wildman–Crippen LogP) is 1.64. The van der Waals surface area contributed by atoms with Crippen molar-refractivity contribution in [2.45, 2.75) is 13.3 Å². The van der Waals surface area contributed by atoms with Crippen LogP contribution in [0.3, 0.4) is 0 Å². The molecule has 0 saturated carbocycles. The SMILES string of the molecule is CC(=O)c1cc(Cc2ccc3c(c2)C(=O)N(O)C3=O)ccc1C(=O)CO. The Labute approximate surface area is 148 Å². The van der Waals surface area contributed by atoms with Gasteiger partial charge in [-0.3, -0.25) is 24.4 Å². The summed E-state index contributed by atoms with van der Waals surface area (Å²) in [6, 6.07) is 9.37. The quantitative estimate of drug-likeness (QED) is 0.480. The molecule has 0 aliphatic carbocycles. The Bertz CT molecular complexity index is 962. The highest BCUT2D eigenvalue weighted by Gasteiger charge is 2.34. The van der Waals surface area contributed by atoms with Gasteiger partial charge in [-0.2, -0.15) is 0 Å². The molecule has 0 unspecified atom stereocenters. The molecule has 2 aromatic rings. The van der Waals surface area contributed by atoms with E-state index in [1.165, 1.54) is 25.1 Å². The summed E-state index contributed by atoms with van der Waals surface area (Å²) < 4.78 is 0. The van der Waals surface area contributed by atoms with Crippen LogP contribution in [0.5, 0.6) is 0 Å². The lowest BCUT2D eigenvalue weighted by Crippen LogP contribution is -2.25. The van der Waals surface area contributed by atoms with Crippen LogP contribution in [0, 0.1) is 0 Å². The number of fused-ring (bicyclic) bond motifs is 1. The molecule has 3 rings (SSSR count). The average Bonchev–Trinajstić information content (AvgIpc) is 2.85. The summed E-state index contributed by atoms with van der Waals surface area (Å²) >= 11 is 0. The fourth-order valence-electron chi connectivity index (χ4n) is 2.94. The number of amides is 2. The molecular weight excluding hydrogens is 338 g/mol. The summed E-state index contributed by atoms with van der Waals surface area (Å²) in [7, 11) is 0. The molecule has 1 heterocycles. The van der Waals surface area contributed by atoms with Crippen molar-refractivity contribution >= 4 is 23.4 Å². The highest BCUT2D eigenvalue weighted by molar-refractivity contribution is 6.20. The van der Waals surface area contributed by atoms with Crippen LogP contribution in [-0.4, -0.2) is 45.4 Å². The smallest absolute Gasteiger partial charge is 0.285 e. The van der Waals surface area contributed by atoms with Crippen molar-refractivity contribution in [1.29, 1.82) is 0 Å². The van der Waals surface area contributed by atoms with Gasteiger partial charge in [-0.15, -0.1) is 5.06 Å². The summed E-state index contributed by atoms with van der Waals surface area (Å²) in [5.74, 6) is -2.37. The number of aliphatic hydroxyl groups is 1. The first-order valence-electron chi connectivity index (χ1n) is 7.82. The van der Waals surface area contributed by atoms with Gasteiger partial charge in [0.05, 0.1) is 11.1 Å². The lowest BCUT2D eigenvalue weighted by atomic mass is 9.94. The van der Waals surface area contributed by atoms with Gasteiger partial charge in [0, 0.05) is 11.1 Å². The maximum atomic E-state index is 11.9. The third-order valence-electron chi connectivity index (χ3n) is 4.25. The van der Waals surface area contributed by atoms with Crippen molar-refractivity contribution in [3.05, 3.63) is 69.8 Å². The molecule has 0 spiro atoms. The number of hydrogen-bond donors (Lipinski definition) is 2. The maximum absolute atomic E-state index is 11.9. The molecule has 0 bridgehead atoms. The van der Waals surface area contributed by atoms with E-state index in [-0.39, 0.29) is 33.1 Å². The molecule has 1 aliphatic heterocycles. The van der Waals surface area contributed by atoms with E-state index in [9.17, 15) is 24.4 Å². The number of imide groups is 1. The number of ketones is 2. The molecular formula is C19H15NO6. The molecule has 132 valence electrons. The zero-order valence-corrected chi connectivity index (χ0v) is 13.9. The van der Waals surface area contributed by atoms with Crippen molar-refractivity contribution in [3.63, 3.8) is 0 Å². The highest BCUT2D eigenvalue weighted by Crippen LogP contribution is 2.24. The molecule has 2 amide bonds. The molecule has 7 heteroatoms. The summed E-state index contributed by atoms with van der Waals surface area (Å²) in [5, 5.41) is 18.5. The Morgan fingerprint density at radius 3 is 2.19 bits per heavy atom. The van der Waals surface area contributed by atoms with E-state index < -0.39 is 24.2 Å². The summed E-state index contributed by atoms with van der Waals surface area (Å²) in [6.45, 7) is 0.654. The van der Waals surface area contributed by atoms with Crippen molar-refractivity contribution in [3.8, 4) is 0 Å². The predicted molar refractivity (Wildman–Crippen MR) is 89.4 cm³/mol. The number of Topliss-reactive ketones (excluding diaryl/α,β-unsaturated/α-hetero) is 2. The lowest BCUT2D eigenvalue weighted by Gasteiger charge is -2.09. The molecule has 0 saturated heterocycles.